The number of hydrogen-bond donors (Lipinski definition) is 2. The van der Waals surface area contributed by atoms with E-state index in [0.29, 0.717) is 29.7 Å². The molecule has 4 rings (SSSR count). The summed E-state index contributed by atoms with van der Waals surface area (Å²) in [5, 5.41) is 20.7. The first kappa shape index (κ1) is 26.4. The van der Waals surface area contributed by atoms with Gasteiger partial charge in [-0.1, -0.05) is 56.0 Å². The molecule has 35 heavy (non-hydrogen) atoms. The quantitative estimate of drug-likeness (QED) is 0.440. The molecule has 5 nitrogen and oxygen atoms in total. The summed E-state index contributed by atoms with van der Waals surface area (Å²) in [6, 6.07) is 14.0. The Bertz CT molecular complexity index is 956. The zero-order valence-electron chi connectivity index (χ0n) is 21.0. The first-order valence-corrected chi connectivity index (χ1v) is 13.3. The maximum Gasteiger partial charge on any atom is 0.197 e. The van der Waals surface area contributed by atoms with Gasteiger partial charge < -0.3 is 24.4 Å². The van der Waals surface area contributed by atoms with Gasteiger partial charge in [-0.3, -0.25) is 0 Å². The highest BCUT2D eigenvalue weighted by Crippen LogP contribution is 2.41. The predicted molar refractivity (Wildman–Crippen MR) is 138 cm³/mol. The molecule has 1 aliphatic carbocycles. The van der Waals surface area contributed by atoms with Crippen LogP contribution in [0.1, 0.15) is 75.0 Å². The first-order chi connectivity index (χ1) is 16.9. The van der Waals surface area contributed by atoms with E-state index in [2.05, 4.69) is 19.1 Å². The number of halogens is 1. The highest BCUT2D eigenvalue weighted by atomic mass is 35.5. The molecule has 2 fully saturated rings. The number of ether oxygens (including phenoxy) is 3. The van der Waals surface area contributed by atoms with Crippen molar-refractivity contribution >= 4 is 11.6 Å². The van der Waals surface area contributed by atoms with Crippen LogP contribution in [0, 0.1) is 5.41 Å². The molecule has 0 amide bonds. The number of methoxy groups -OCH3 is 1. The predicted octanol–water partition coefficient (Wildman–Crippen LogP) is 6.00. The topological polar surface area (TPSA) is 68.2 Å². The standard InChI is InChI=1S/C29H39ClO5/c1-3-28(13-5-4-6-14-28)20-34-25-10-7-21(8-11-25)15-22-16-23(9-12-27(22)30)29(33-2)18-24(32)17-26(19-31)35-29/h7-12,16,24,26,31-32H,3-6,13-15,17-20H2,1-2H3. The second-order valence-corrected chi connectivity index (χ2v) is 10.7. The van der Waals surface area contributed by atoms with Crippen molar-refractivity contribution in [2.24, 2.45) is 5.41 Å². The Morgan fingerprint density at radius 1 is 1.09 bits per heavy atom. The summed E-state index contributed by atoms with van der Waals surface area (Å²) in [7, 11) is 1.56. The van der Waals surface area contributed by atoms with Crippen LogP contribution in [-0.4, -0.2) is 42.7 Å². The van der Waals surface area contributed by atoms with Gasteiger partial charge in [0.15, 0.2) is 5.79 Å². The van der Waals surface area contributed by atoms with E-state index in [1.54, 1.807) is 7.11 Å². The maximum absolute atomic E-state index is 10.4. The maximum atomic E-state index is 10.4. The van der Waals surface area contributed by atoms with E-state index >= 15 is 0 Å². The third kappa shape index (κ3) is 6.20. The van der Waals surface area contributed by atoms with Crippen molar-refractivity contribution in [3.63, 3.8) is 0 Å². The van der Waals surface area contributed by atoms with Crippen LogP contribution in [0.5, 0.6) is 5.75 Å². The third-order valence-electron chi connectivity index (χ3n) is 7.94. The second-order valence-electron chi connectivity index (χ2n) is 10.3. The number of hydrogen-bond acceptors (Lipinski definition) is 5. The summed E-state index contributed by atoms with van der Waals surface area (Å²) in [5.41, 5.74) is 3.19. The molecule has 3 unspecified atom stereocenters. The molecular weight excluding hydrogens is 464 g/mol. The fraction of sp³-hybridized carbons (Fsp3) is 0.586. The minimum absolute atomic E-state index is 0.170. The van der Waals surface area contributed by atoms with Gasteiger partial charge in [0.2, 0.25) is 0 Å². The second kappa shape index (κ2) is 11.6. The third-order valence-corrected chi connectivity index (χ3v) is 8.31. The van der Waals surface area contributed by atoms with Crippen LogP contribution < -0.4 is 4.74 Å². The summed E-state index contributed by atoms with van der Waals surface area (Å²) in [5.74, 6) is -0.207. The Morgan fingerprint density at radius 2 is 1.83 bits per heavy atom. The Hall–Kier alpha value is -1.63. The van der Waals surface area contributed by atoms with Crippen molar-refractivity contribution in [1.29, 1.82) is 0 Å². The van der Waals surface area contributed by atoms with Gasteiger partial charge in [-0.2, -0.15) is 0 Å². The molecule has 0 radical (unpaired) electrons. The molecule has 3 atom stereocenters. The lowest BCUT2D eigenvalue weighted by molar-refractivity contribution is -0.298. The lowest BCUT2D eigenvalue weighted by atomic mass is 9.73. The van der Waals surface area contributed by atoms with Crippen LogP contribution in [0.2, 0.25) is 5.02 Å². The Labute approximate surface area is 214 Å². The average Bonchev–Trinajstić information content (AvgIpc) is 2.89. The van der Waals surface area contributed by atoms with Crippen molar-refractivity contribution in [2.75, 3.05) is 20.3 Å². The molecule has 2 N–H and O–H groups in total. The van der Waals surface area contributed by atoms with E-state index in [9.17, 15) is 10.2 Å². The van der Waals surface area contributed by atoms with E-state index in [1.165, 1.54) is 38.5 Å². The summed E-state index contributed by atoms with van der Waals surface area (Å²) < 4.78 is 18.1. The molecule has 2 aromatic carbocycles. The van der Waals surface area contributed by atoms with Crippen LogP contribution in [0.15, 0.2) is 42.5 Å². The van der Waals surface area contributed by atoms with Gasteiger partial charge in [-0.25, -0.2) is 0 Å². The lowest BCUT2D eigenvalue weighted by Crippen LogP contribution is -2.46. The molecule has 0 spiro atoms. The minimum Gasteiger partial charge on any atom is -0.493 e. The number of benzene rings is 2. The number of rotatable bonds is 9. The molecule has 1 aliphatic heterocycles. The van der Waals surface area contributed by atoms with E-state index in [-0.39, 0.29) is 6.61 Å². The SMILES string of the molecule is CCC1(COc2ccc(Cc3cc(C4(OC)CC(O)CC(CO)O4)ccc3Cl)cc2)CCCCC1. The first-order valence-electron chi connectivity index (χ1n) is 12.9. The highest BCUT2D eigenvalue weighted by Gasteiger charge is 2.43. The van der Waals surface area contributed by atoms with E-state index in [4.69, 9.17) is 25.8 Å². The molecule has 2 aromatic rings. The summed E-state index contributed by atoms with van der Waals surface area (Å²) in [6.07, 6.45) is 7.90. The van der Waals surface area contributed by atoms with Gasteiger partial charge in [0.1, 0.15) is 5.75 Å². The van der Waals surface area contributed by atoms with Gasteiger partial charge in [0.05, 0.1) is 25.4 Å². The molecule has 6 heteroatoms. The fourth-order valence-corrected chi connectivity index (χ4v) is 5.80. The molecule has 0 bridgehead atoms. The smallest absolute Gasteiger partial charge is 0.197 e. The van der Waals surface area contributed by atoms with Gasteiger partial charge >= 0.3 is 0 Å². The van der Waals surface area contributed by atoms with Gasteiger partial charge in [0.25, 0.3) is 0 Å². The molecule has 0 aromatic heterocycles. The Morgan fingerprint density at radius 3 is 2.49 bits per heavy atom. The zero-order chi connectivity index (χ0) is 24.9. The van der Waals surface area contributed by atoms with Gasteiger partial charge in [0, 0.05) is 36.0 Å². The Kier molecular flexibility index (Phi) is 8.77. The van der Waals surface area contributed by atoms with Crippen LogP contribution in [0.3, 0.4) is 0 Å². The molecule has 192 valence electrons. The molecule has 1 saturated carbocycles. The van der Waals surface area contributed by atoms with E-state index in [0.717, 1.165) is 29.0 Å². The largest absolute Gasteiger partial charge is 0.493 e. The number of aliphatic hydroxyl groups excluding tert-OH is 2. The normalized spacial score (nSPS) is 26.4. The van der Waals surface area contributed by atoms with E-state index < -0.39 is 18.0 Å². The van der Waals surface area contributed by atoms with Crippen molar-refractivity contribution < 1.29 is 24.4 Å². The minimum atomic E-state index is -1.11. The molecule has 1 heterocycles. The summed E-state index contributed by atoms with van der Waals surface area (Å²) in [6.45, 7) is 2.90. The van der Waals surface area contributed by atoms with Crippen molar-refractivity contribution in [1.82, 2.24) is 0 Å². The average molecular weight is 503 g/mol. The van der Waals surface area contributed by atoms with Crippen molar-refractivity contribution in [3.05, 3.63) is 64.2 Å². The van der Waals surface area contributed by atoms with Gasteiger partial charge in [-0.05, 0) is 61.1 Å². The summed E-state index contributed by atoms with van der Waals surface area (Å²) in [4.78, 5) is 0. The van der Waals surface area contributed by atoms with Gasteiger partial charge in [-0.15, -0.1) is 0 Å². The van der Waals surface area contributed by atoms with Crippen LogP contribution in [0.4, 0.5) is 0 Å². The lowest BCUT2D eigenvalue weighted by Gasteiger charge is -2.42. The molecule has 1 saturated heterocycles. The molecular formula is C29H39ClO5. The highest BCUT2D eigenvalue weighted by molar-refractivity contribution is 6.31. The van der Waals surface area contributed by atoms with Crippen molar-refractivity contribution in [3.8, 4) is 5.75 Å². The van der Waals surface area contributed by atoms with Crippen LogP contribution in [0.25, 0.3) is 0 Å². The van der Waals surface area contributed by atoms with E-state index in [1.807, 2.05) is 30.3 Å². The van der Waals surface area contributed by atoms with Crippen molar-refractivity contribution in [2.45, 2.75) is 82.7 Å². The number of aliphatic hydroxyl groups is 2. The molecule has 2 aliphatic rings. The summed E-state index contributed by atoms with van der Waals surface area (Å²) >= 11 is 6.56. The zero-order valence-corrected chi connectivity index (χ0v) is 21.7. The van der Waals surface area contributed by atoms with Crippen LogP contribution in [-0.2, 0) is 21.7 Å². The fourth-order valence-electron chi connectivity index (χ4n) is 5.62. The monoisotopic (exact) mass is 502 g/mol. The Balaban J connectivity index is 1.46. The van der Waals surface area contributed by atoms with Crippen LogP contribution >= 0.6 is 11.6 Å².